The van der Waals surface area contributed by atoms with Gasteiger partial charge in [0.1, 0.15) is 12.4 Å². The highest BCUT2D eigenvalue weighted by molar-refractivity contribution is 7.99. The molecule has 0 atom stereocenters. The minimum Gasteiger partial charge on any atom is -0.487 e. The third kappa shape index (κ3) is 5.06. The number of ether oxygens (including phenoxy) is 1. The summed E-state index contributed by atoms with van der Waals surface area (Å²) in [5.41, 5.74) is 2.04. The molecule has 2 rings (SSSR count). The normalized spacial score (nSPS) is 10.6. The summed E-state index contributed by atoms with van der Waals surface area (Å²) in [6, 6.07) is 7.74. The number of nitrogens with zero attached hydrogens (tertiary/aromatic N) is 1. The molecule has 0 aliphatic carbocycles. The minimum absolute atomic E-state index is 0.113. The van der Waals surface area contributed by atoms with E-state index in [0.717, 1.165) is 22.0 Å². The van der Waals surface area contributed by atoms with Crippen molar-refractivity contribution < 1.29 is 14.6 Å². The molecule has 0 saturated heterocycles. The zero-order valence-corrected chi connectivity index (χ0v) is 13.6. The Morgan fingerprint density at radius 1 is 1.43 bits per heavy atom. The molecular formula is C15H17NO3S2. The smallest absolute Gasteiger partial charge is 0.313 e. The van der Waals surface area contributed by atoms with Crippen LogP contribution in [-0.2, 0) is 17.2 Å². The Kier molecular flexibility index (Phi) is 5.64. The number of aliphatic carboxylic acids is 1. The number of hydrogen-bond donors (Lipinski definition) is 1. The van der Waals surface area contributed by atoms with Crippen LogP contribution in [0.1, 0.15) is 21.1 Å². The van der Waals surface area contributed by atoms with Crippen molar-refractivity contribution in [3.63, 3.8) is 0 Å². The van der Waals surface area contributed by atoms with Gasteiger partial charge < -0.3 is 9.84 Å². The van der Waals surface area contributed by atoms with Crippen molar-refractivity contribution in [3.8, 4) is 5.75 Å². The molecule has 0 radical (unpaired) electrons. The third-order valence-corrected chi connectivity index (χ3v) is 4.68. The number of carboxylic acid groups (broad SMARTS) is 1. The van der Waals surface area contributed by atoms with Crippen molar-refractivity contribution >= 4 is 29.1 Å². The van der Waals surface area contributed by atoms with Crippen LogP contribution in [0.3, 0.4) is 0 Å². The minimum atomic E-state index is -0.790. The van der Waals surface area contributed by atoms with Crippen LogP contribution in [0.4, 0.5) is 0 Å². The summed E-state index contributed by atoms with van der Waals surface area (Å²) in [5, 5.41) is 9.68. The lowest BCUT2D eigenvalue weighted by Crippen LogP contribution is -1.99. The largest absolute Gasteiger partial charge is 0.487 e. The topological polar surface area (TPSA) is 59.4 Å². The van der Waals surface area contributed by atoms with E-state index in [9.17, 15) is 4.79 Å². The highest BCUT2D eigenvalue weighted by Crippen LogP contribution is 2.21. The summed E-state index contributed by atoms with van der Waals surface area (Å²) in [4.78, 5) is 16.1. The molecule has 4 nitrogen and oxygen atoms in total. The number of hydrogen-bond acceptors (Lipinski definition) is 5. The van der Waals surface area contributed by atoms with Crippen molar-refractivity contribution in [1.29, 1.82) is 0 Å². The van der Waals surface area contributed by atoms with Gasteiger partial charge in [0.05, 0.1) is 16.5 Å². The molecule has 1 aromatic heterocycles. The van der Waals surface area contributed by atoms with Gasteiger partial charge in [0.25, 0.3) is 0 Å². The maximum absolute atomic E-state index is 10.5. The van der Waals surface area contributed by atoms with E-state index < -0.39 is 5.97 Å². The first kappa shape index (κ1) is 15.9. The average Bonchev–Trinajstić information content (AvgIpc) is 2.75. The molecule has 1 aromatic carbocycles. The number of benzene rings is 1. The second kappa shape index (κ2) is 7.47. The maximum atomic E-state index is 10.5. The molecule has 0 fully saturated rings. The molecule has 1 heterocycles. The first-order valence-corrected chi connectivity index (χ1v) is 8.46. The van der Waals surface area contributed by atoms with Crippen molar-refractivity contribution in [1.82, 2.24) is 4.98 Å². The molecule has 21 heavy (non-hydrogen) atoms. The summed E-state index contributed by atoms with van der Waals surface area (Å²) in [7, 11) is 0. The Bertz CT molecular complexity index is 625. The Balaban J connectivity index is 1.91. The lowest BCUT2D eigenvalue weighted by molar-refractivity contribution is -0.133. The second-order valence-electron chi connectivity index (χ2n) is 4.56. The lowest BCUT2D eigenvalue weighted by atomic mass is 10.2. The van der Waals surface area contributed by atoms with Gasteiger partial charge in [-0.2, -0.15) is 0 Å². The van der Waals surface area contributed by atoms with Gasteiger partial charge in [-0.25, -0.2) is 4.98 Å². The molecule has 112 valence electrons. The van der Waals surface area contributed by atoms with Gasteiger partial charge in [-0.15, -0.1) is 23.1 Å². The third-order valence-electron chi connectivity index (χ3n) is 2.77. The first-order valence-electron chi connectivity index (χ1n) is 6.49. The van der Waals surface area contributed by atoms with Gasteiger partial charge in [0.15, 0.2) is 0 Å². The predicted octanol–water partition coefficient (Wildman–Crippen LogP) is 3.66. The number of carbonyl (C=O) groups is 1. The number of rotatable bonds is 7. The average molecular weight is 323 g/mol. The summed E-state index contributed by atoms with van der Waals surface area (Å²) < 4.78 is 5.77. The van der Waals surface area contributed by atoms with Crippen LogP contribution in [-0.4, -0.2) is 21.8 Å². The maximum Gasteiger partial charge on any atom is 0.313 e. The van der Waals surface area contributed by atoms with Gasteiger partial charge in [0, 0.05) is 10.6 Å². The fraction of sp³-hybridized carbons (Fsp3) is 0.333. The molecular weight excluding hydrogens is 306 g/mol. The van der Waals surface area contributed by atoms with Crippen LogP contribution in [0, 0.1) is 13.8 Å². The van der Waals surface area contributed by atoms with Crippen LogP contribution in [0.5, 0.6) is 5.75 Å². The molecule has 0 saturated carbocycles. The predicted molar refractivity (Wildman–Crippen MR) is 86.2 cm³/mol. The van der Waals surface area contributed by atoms with Gasteiger partial charge in [-0.05, 0) is 31.5 Å². The van der Waals surface area contributed by atoms with Crippen molar-refractivity contribution in [3.05, 3.63) is 45.4 Å². The molecule has 0 bridgehead atoms. The zero-order valence-electron chi connectivity index (χ0n) is 12.0. The molecule has 0 aliphatic heterocycles. The summed E-state index contributed by atoms with van der Waals surface area (Å²) in [5.74, 6) is 0.774. The zero-order chi connectivity index (χ0) is 15.2. The fourth-order valence-electron chi connectivity index (χ4n) is 1.84. The number of carboxylic acids is 1. The summed E-state index contributed by atoms with van der Waals surface area (Å²) in [6.07, 6.45) is 0. The SMILES string of the molecule is Cc1nc(COc2cccc(CSCC(=O)O)c2)c(C)s1. The van der Waals surface area contributed by atoms with Gasteiger partial charge >= 0.3 is 5.97 Å². The Morgan fingerprint density at radius 2 is 2.24 bits per heavy atom. The first-order chi connectivity index (χ1) is 10.0. The number of aryl methyl sites for hydroxylation is 2. The second-order valence-corrected chi connectivity index (χ2v) is 6.95. The van der Waals surface area contributed by atoms with Crippen molar-refractivity contribution in [2.45, 2.75) is 26.2 Å². The Morgan fingerprint density at radius 3 is 2.90 bits per heavy atom. The summed E-state index contributed by atoms with van der Waals surface area (Å²) >= 11 is 3.05. The molecule has 1 N–H and O–H groups in total. The fourth-order valence-corrected chi connectivity index (χ4v) is 3.35. The van der Waals surface area contributed by atoms with E-state index in [0.29, 0.717) is 12.4 Å². The standard InChI is InChI=1S/C15H17NO3S2/c1-10-14(16-11(2)21-10)7-19-13-5-3-4-12(6-13)8-20-9-15(17)18/h3-6H,7-9H2,1-2H3,(H,17,18). The highest BCUT2D eigenvalue weighted by Gasteiger charge is 2.06. The molecule has 0 amide bonds. The monoisotopic (exact) mass is 323 g/mol. The molecule has 6 heteroatoms. The highest BCUT2D eigenvalue weighted by atomic mass is 32.2. The van der Waals surface area contributed by atoms with E-state index in [2.05, 4.69) is 4.98 Å². The van der Waals surface area contributed by atoms with E-state index in [4.69, 9.17) is 9.84 Å². The Hall–Kier alpha value is -1.53. The van der Waals surface area contributed by atoms with Crippen LogP contribution < -0.4 is 4.74 Å². The Labute approximate surface area is 132 Å². The van der Waals surface area contributed by atoms with Crippen LogP contribution >= 0.6 is 23.1 Å². The van der Waals surface area contributed by atoms with E-state index in [1.165, 1.54) is 16.6 Å². The molecule has 0 unspecified atom stereocenters. The van der Waals surface area contributed by atoms with Gasteiger partial charge in [-0.1, -0.05) is 12.1 Å². The molecule has 0 aliphatic rings. The van der Waals surface area contributed by atoms with Crippen molar-refractivity contribution in [2.75, 3.05) is 5.75 Å². The number of thiazole rings is 1. The van der Waals surface area contributed by atoms with Crippen molar-refractivity contribution in [2.24, 2.45) is 0 Å². The van der Waals surface area contributed by atoms with Gasteiger partial charge in [0.2, 0.25) is 0 Å². The molecule has 2 aromatic rings. The molecule has 0 spiro atoms. The van der Waals surface area contributed by atoms with Gasteiger partial charge in [-0.3, -0.25) is 4.79 Å². The quantitative estimate of drug-likeness (QED) is 0.842. The lowest BCUT2D eigenvalue weighted by Gasteiger charge is -2.07. The number of thioether (sulfide) groups is 1. The van der Waals surface area contributed by atoms with E-state index in [1.807, 2.05) is 38.1 Å². The van der Waals surface area contributed by atoms with E-state index in [-0.39, 0.29) is 5.75 Å². The summed E-state index contributed by atoms with van der Waals surface area (Å²) in [6.45, 7) is 4.49. The van der Waals surface area contributed by atoms with E-state index in [1.54, 1.807) is 11.3 Å². The van der Waals surface area contributed by atoms with Crippen LogP contribution in [0.2, 0.25) is 0 Å². The van der Waals surface area contributed by atoms with E-state index >= 15 is 0 Å². The van der Waals surface area contributed by atoms with Crippen LogP contribution in [0.25, 0.3) is 0 Å². The number of aromatic nitrogens is 1. The van der Waals surface area contributed by atoms with Crippen LogP contribution in [0.15, 0.2) is 24.3 Å².